The highest BCUT2D eigenvalue weighted by Crippen LogP contribution is 2.43. The maximum Gasteiger partial charge on any atom is 0.264 e. The summed E-state index contributed by atoms with van der Waals surface area (Å²) >= 11 is 0. The van der Waals surface area contributed by atoms with E-state index >= 15 is 0 Å². The summed E-state index contributed by atoms with van der Waals surface area (Å²) in [6.45, 7) is 9.83. The number of rotatable bonds is 5. The zero-order valence-electron chi connectivity index (χ0n) is 15.4. The van der Waals surface area contributed by atoms with Crippen LogP contribution in [-0.4, -0.2) is 23.3 Å². The Morgan fingerprint density at radius 2 is 1.88 bits per heavy atom. The number of nitrogens with zero attached hydrogens (tertiary/aromatic N) is 1. The number of hydrogen-bond donors (Lipinski definition) is 1. The van der Waals surface area contributed by atoms with Gasteiger partial charge < -0.3 is 10.0 Å². The van der Waals surface area contributed by atoms with E-state index in [0.29, 0.717) is 23.4 Å². The van der Waals surface area contributed by atoms with Gasteiger partial charge in [-0.3, -0.25) is 9.59 Å². The number of para-hydroxylation sites is 1. The summed E-state index contributed by atoms with van der Waals surface area (Å²) in [4.78, 5) is 27.4. The minimum Gasteiger partial charge on any atom is -0.375 e. The second kappa shape index (κ2) is 6.54. The molecule has 4 heteroatoms. The monoisotopic (exact) mass is 349 g/mol. The van der Waals surface area contributed by atoms with Crippen LogP contribution in [0.5, 0.6) is 0 Å². The van der Waals surface area contributed by atoms with Crippen molar-refractivity contribution >= 4 is 17.4 Å². The molecule has 3 rings (SSSR count). The van der Waals surface area contributed by atoms with E-state index < -0.39 is 11.5 Å². The zero-order chi connectivity index (χ0) is 19.1. The quantitative estimate of drug-likeness (QED) is 0.662. The van der Waals surface area contributed by atoms with Crippen molar-refractivity contribution in [2.24, 2.45) is 0 Å². The lowest BCUT2D eigenvalue weighted by Gasteiger charge is -2.23. The first-order valence-electron chi connectivity index (χ1n) is 8.62. The van der Waals surface area contributed by atoms with Gasteiger partial charge in [0.15, 0.2) is 11.4 Å². The average Bonchev–Trinajstić information content (AvgIpc) is 2.77. The third kappa shape index (κ3) is 2.97. The normalized spacial score (nSPS) is 18.8. The Labute approximate surface area is 153 Å². The number of benzene rings is 2. The standard InChI is InChI=1S/C22H23NO3/c1-14(2)13-23-19-8-6-5-7-18(19)22(26,21(23)25)12-20(24)17-10-9-15(3)11-16(17)4/h5-11,26H,1,12-13H2,2-4H3/t22-/m1/s1. The topological polar surface area (TPSA) is 57.6 Å². The summed E-state index contributed by atoms with van der Waals surface area (Å²) in [6, 6.07) is 12.6. The van der Waals surface area contributed by atoms with Crippen LogP contribution in [0.25, 0.3) is 0 Å². The maximum absolute atomic E-state index is 13.0. The van der Waals surface area contributed by atoms with Gasteiger partial charge in [0, 0.05) is 17.7 Å². The molecule has 0 unspecified atom stereocenters. The van der Waals surface area contributed by atoms with Crippen LogP contribution in [0.15, 0.2) is 54.6 Å². The van der Waals surface area contributed by atoms with Gasteiger partial charge >= 0.3 is 0 Å². The lowest BCUT2D eigenvalue weighted by Crippen LogP contribution is -2.42. The number of carbonyl (C=O) groups is 2. The molecule has 1 atom stereocenters. The van der Waals surface area contributed by atoms with Crippen LogP contribution in [-0.2, 0) is 10.4 Å². The molecule has 0 fully saturated rings. The molecule has 4 nitrogen and oxygen atoms in total. The molecular formula is C22H23NO3. The molecule has 134 valence electrons. The minimum atomic E-state index is -1.85. The van der Waals surface area contributed by atoms with Crippen molar-refractivity contribution in [1.29, 1.82) is 0 Å². The fraction of sp³-hybridized carbons (Fsp3) is 0.273. The molecule has 1 amide bonds. The highest BCUT2D eigenvalue weighted by molar-refractivity contribution is 6.11. The lowest BCUT2D eigenvalue weighted by molar-refractivity contribution is -0.135. The van der Waals surface area contributed by atoms with Gasteiger partial charge in [0.05, 0.1) is 12.1 Å². The highest BCUT2D eigenvalue weighted by Gasteiger charge is 2.50. The first-order valence-corrected chi connectivity index (χ1v) is 8.62. The largest absolute Gasteiger partial charge is 0.375 e. The van der Waals surface area contributed by atoms with Crippen LogP contribution in [0, 0.1) is 13.8 Å². The third-order valence-corrected chi connectivity index (χ3v) is 4.77. The molecule has 1 aliphatic rings. The van der Waals surface area contributed by atoms with E-state index in [0.717, 1.165) is 16.7 Å². The van der Waals surface area contributed by atoms with Gasteiger partial charge in [0.1, 0.15) is 0 Å². The molecule has 1 heterocycles. The summed E-state index contributed by atoms with van der Waals surface area (Å²) in [5, 5.41) is 11.2. The average molecular weight is 349 g/mol. The summed E-state index contributed by atoms with van der Waals surface area (Å²) in [7, 11) is 0. The number of aryl methyl sites for hydroxylation is 2. The summed E-state index contributed by atoms with van der Waals surface area (Å²) < 4.78 is 0. The number of fused-ring (bicyclic) bond motifs is 1. The summed E-state index contributed by atoms with van der Waals surface area (Å²) in [6.07, 6.45) is -0.278. The number of aliphatic hydroxyl groups is 1. The summed E-state index contributed by atoms with van der Waals surface area (Å²) in [5.74, 6) is -0.717. The predicted octanol–water partition coefficient (Wildman–Crippen LogP) is 3.69. The van der Waals surface area contributed by atoms with Crippen LogP contribution < -0.4 is 4.90 Å². The van der Waals surface area contributed by atoms with E-state index in [2.05, 4.69) is 6.58 Å². The first-order chi connectivity index (χ1) is 12.2. The van der Waals surface area contributed by atoms with Gasteiger partial charge in [-0.2, -0.15) is 0 Å². The van der Waals surface area contributed by atoms with Crippen molar-refractivity contribution in [3.63, 3.8) is 0 Å². The Bertz CT molecular complexity index is 915. The molecule has 2 aromatic rings. The van der Waals surface area contributed by atoms with Gasteiger partial charge in [-0.05, 0) is 32.4 Å². The third-order valence-electron chi connectivity index (χ3n) is 4.77. The van der Waals surface area contributed by atoms with Crippen LogP contribution >= 0.6 is 0 Å². The van der Waals surface area contributed by atoms with Crippen molar-refractivity contribution in [2.45, 2.75) is 32.8 Å². The van der Waals surface area contributed by atoms with E-state index in [-0.39, 0.29) is 12.2 Å². The molecule has 26 heavy (non-hydrogen) atoms. The van der Waals surface area contributed by atoms with Crippen molar-refractivity contribution < 1.29 is 14.7 Å². The Hall–Kier alpha value is -2.72. The minimum absolute atomic E-state index is 0.245. The fourth-order valence-electron chi connectivity index (χ4n) is 3.56. The van der Waals surface area contributed by atoms with E-state index in [1.165, 1.54) is 4.90 Å². The van der Waals surface area contributed by atoms with E-state index in [1.54, 1.807) is 24.3 Å². The summed E-state index contributed by atoms with van der Waals surface area (Å²) in [5.41, 5.74) is 2.51. The van der Waals surface area contributed by atoms with Crippen molar-refractivity contribution in [3.8, 4) is 0 Å². The Balaban J connectivity index is 1.99. The molecule has 2 aromatic carbocycles. The molecule has 0 saturated carbocycles. The maximum atomic E-state index is 13.0. The molecule has 0 aromatic heterocycles. The molecule has 0 spiro atoms. The lowest BCUT2D eigenvalue weighted by atomic mass is 9.87. The Kier molecular flexibility index (Phi) is 4.55. The van der Waals surface area contributed by atoms with Gasteiger partial charge in [-0.1, -0.05) is 54.1 Å². The van der Waals surface area contributed by atoms with Crippen molar-refractivity contribution in [1.82, 2.24) is 0 Å². The smallest absolute Gasteiger partial charge is 0.264 e. The van der Waals surface area contributed by atoms with Crippen LogP contribution in [0.2, 0.25) is 0 Å². The van der Waals surface area contributed by atoms with Crippen LogP contribution in [0.4, 0.5) is 5.69 Å². The van der Waals surface area contributed by atoms with Gasteiger partial charge in [-0.15, -0.1) is 0 Å². The van der Waals surface area contributed by atoms with Gasteiger partial charge in [0.2, 0.25) is 0 Å². The number of carbonyl (C=O) groups excluding carboxylic acids is 2. The molecule has 0 saturated heterocycles. The molecule has 1 aliphatic heterocycles. The fourth-order valence-corrected chi connectivity index (χ4v) is 3.56. The molecule has 1 N–H and O–H groups in total. The number of Topliss-reactive ketones (excluding diaryl/α,β-unsaturated/α-hetero) is 1. The second-order valence-corrected chi connectivity index (χ2v) is 7.14. The van der Waals surface area contributed by atoms with Crippen molar-refractivity contribution in [2.75, 3.05) is 11.4 Å². The molecule has 0 bridgehead atoms. The number of hydrogen-bond acceptors (Lipinski definition) is 3. The molecule has 0 radical (unpaired) electrons. The van der Waals surface area contributed by atoms with Crippen LogP contribution in [0.1, 0.15) is 40.4 Å². The van der Waals surface area contributed by atoms with Gasteiger partial charge in [-0.25, -0.2) is 0 Å². The highest BCUT2D eigenvalue weighted by atomic mass is 16.3. The number of ketones is 1. The second-order valence-electron chi connectivity index (χ2n) is 7.14. The Morgan fingerprint density at radius 1 is 1.19 bits per heavy atom. The predicted molar refractivity (Wildman–Crippen MR) is 102 cm³/mol. The number of amides is 1. The SMILES string of the molecule is C=C(C)CN1C(=O)[C@@](O)(CC(=O)c2ccc(C)cc2C)c2ccccc21. The Morgan fingerprint density at radius 3 is 2.54 bits per heavy atom. The number of anilines is 1. The molecule has 0 aliphatic carbocycles. The van der Waals surface area contributed by atoms with E-state index in [4.69, 9.17) is 0 Å². The van der Waals surface area contributed by atoms with Gasteiger partial charge in [0.25, 0.3) is 5.91 Å². The zero-order valence-corrected chi connectivity index (χ0v) is 15.4. The van der Waals surface area contributed by atoms with E-state index in [1.807, 2.05) is 39.0 Å². The van der Waals surface area contributed by atoms with E-state index in [9.17, 15) is 14.7 Å². The first kappa shape index (κ1) is 18.1. The molecular weight excluding hydrogens is 326 g/mol. The van der Waals surface area contributed by atoms with Crippen molar-refractivity contribution in [3.05, 3.63) is 76.9 Å². The van der Waals surface area contributed by atoms with Crippen LogP contribution in [0.3, 0.4) is 0 Å².